The van der Waals surface area contributed by atoms with Gasteiger partial charge in [0.2, 0.25) is 0 Å². The molecule has 0 radical (unpaired) electrons. The third-order valence-corrected chi connectivity index (χ3v) is 2.07. The van der Waals surface area contributed by atoms with Crippen LogP contribution in [0.3, 0.4) is 0 Å². The quantitative estimate of drug-likeness (QED) is 0.485. The Kier molecular flexibility index (Phi) is 3.97. The molecule has 15 heavy (non-hydrogen) atoms. The van der Waals surface area contributed by atoms with Crippen molar-refractivity contribution in [2.75, 3.05) is 0 Å². The van der Waals surface area contributed by atoms with E-state index in [4.69, 9.17) is 22.2 Å². The van der Waals surface area contributed by atoms with Crippen molar-refractivity contribution in [1.29, 1.82) is 0 Å². The molecule has 1 rings (SSSR count). The number of halogens is 1. The van der Waals surface area contributed by atoms with Crippen LogP contribution in [0, 0.1) is 0 Å². The van der Waals surface area contributed by atoms with Gasteiger partial charge in [-0.3, -0.25) is 4.79 Å². The van der Waals surface area contributed by atoms with E-state index in [0.29, 0.717) is 10.6 Å². The Hall–Kier alpha value is -1.71. The van der Waals surface area contributed by atoms with Gasteiger partial charge in [-0.2, -0.15) is 0 Å². The van der Waals surface area contributed by atoms with Gasteiger partial charge in [0.05, 0.1) is 12.5 Å². The van der Waals surface area contributed by atoms with E-state index >= 15 is 0 Å². The molecule has 6 heteroatoms. The molecule has 0 aliphatic heterocycles. The van der Waals surface area contributed by atoms with Crippen molar-refractivity contribution in [2.45, 2.75) is 12.5 Å². The lowest BCUT2D eigenvalue weighted by Crippen LogP contribution is -2.03. The molecule has 0 saturated heterocycles. The maximum absolute atomic E-state index is 10.5. The second-order valence-corrected chi connectivity index (χ2v) is 3.31. The number of aliphatic carboxylic acids is 1. The summed E-state index contributed by atoms with van der Waals surface area (Å²) in [6, 6.07) is 5.84. The third-order valence-electron chi connectivity index (χ3n) is 1.81. The van der Waals surface area contributed by atoms with Gasteiger partial charge >= 0.3 is 5.97 Å². The van der Waals surface area contributed by atoms with Crippen molar-refractivity contribution >= 4 is 17.6 Å². The van der Waals surface area contributed by atoms with Crippen LogP contribution < -0.4 is 0 Å². The van der Waals surface area contributed by atoms with Gasteiger partial charge in [-0.15, -0.1) is 0 Å². The molecule has 5 nitrogen and oxygen atoms in total. The second-order valence-electron chi connectivity index (χ2n) is 2.87. The summed E-state index contributed by atoms with van der Waals surface area (Å²) in [6.07, 6.45) is -0.230. The number of rotatable bonds is 4. The molecule has 0 aliphatic rings. The SMILES string of the molecule is [N-]=[N+]=NC(CC(=O)O)c1ccc(Cl)cc1. The first-order chi connectivity index (χ1) is 7.13. The molecule has 0 amide bonds. The highest BCUT2D eigenvalue weighted by Gasteiger charge is 2.13. The average Bonchev–Trinajstić information content (AvgIpc) is 2.17. The van der Waals surface area contributed by atoms with Crippen LogP contribution in [0.2, 0.25) is 5.02 Å². The standard InChI is InChI=1S/C9H8ClN3O2/c10-7-3-1-6(2-4-7)8(12-13-11)5-9(14)15/h1-4,8H,5H2,(H,14,15). The summed E-state index contributed by atoms with van der Waals surface area (Å²) in [4.78, 5) is 13.1. The molecule has 0 fully saturated rings. The molecule has 0 aromatic heterocycles. The average molecular weight is 226 g/mol. The summed E-state index contributed by atoms with van der Waals surface area (Å²) in [5.41, 5.74) is 8.94. The predicted molar refractivity (Wildman–Crippen MR) is 55.6 cm³/mol. The van der Waals surface area contributed by atoms with Crippen molar-refractivity contribution < 1.29 is 9.90 Å². The minimum absolute atomic E-state index is 0.230. The number of benzene rings is 1. The van der Waals surface area contributed by atoms with E-state index < -0.39 is 12.0 Å². The summed E-state index contributed by atoms with van der Waals surface area (Å²) < 4.78 is 0. The Labute approximate surface area is 90.9 Å². The number of hydrogen-bond acceptors (Lipinski definition) is 2. The molecule has 78 valence electrons. The van der Waals surface area contributed by atoms with Crippen molar-refractivity contribution in [1.82, 2.24) is 0 Å². The fourth-order valence-electron chi connectivity index (χ4n) is 1.14. The maximum atomic E-state index is 10.5. The number of nitrogens with zero attached hydrogens (tertiary/aromatic N) is 3. The zero-order valence-electron chi connectivity index (χ0n) is 7.67. The maximum Gasteiger partial charge on any atom is 0.304 e. The first-order valence-corrected chi connectivity index (χ1v) is 4.52. The van der Waals surface area contributed by atoms with E-state index in [1.165, 1.54) is 0 Å². The van der Waals surface area contributed by atoms with Crippen LogP contribution in [0.5, 0.6) is 0 Å². The van der Waals surface area contributed by atoms with Crippen molar-refractivity contribution in [3.05, 3.63) is 45.3 Å². The van der Waals surface area contributed by atoms with Gasteiger partial charge in [0.1, 0.15) is 0 Å². The Bertz CT molecular complexity index is 398. The first-order valence-electron chi connectivity index (χ1n) is 4.15. The molecule has 1 N–H and O–H groups in total. The smallest absolute Gasteiger partial charge is 0.304 e. The normalized spacial score (nSPS) is 11.5. The van der Waals surface area contributed by atoms with Crippen LogP contribution in [0.1, 0.15) is 18.0 Å². The zero-order valence-corrected chi connectivity index (χ0v) is 8.42. The number of azide groups is 1. The molecule has 0 bridgehead atoms. The predicted octanol–water partition coefficient (Wildman–Crippen LogP) is 3.17. The Morgan fingerprint density at radius 2 is 2.13 bits per heavy atom. The minimum Gasteiger partial charge on any atom is -0.481 e. The van der Waals surface area contributed by atoms with Gasteiger partial charge in [-0.05, 0) is 23.2 Å². The van der Waals surface area contributed by atoms with Crippen LogP contribution >= 0.6 is 11.6 Å². The summed E-state index contributed by atoms with van der Waals surface area (Å²) >= 11 is 5.68. The van der Waals surface area contributed by atoms with Crippen molar-refractivity contribution in [3.8, 4) is 0 Å². The van der Waals surface area contributed by atoms with Crippen LogP contribution in [-0.2, 0) is 4.79 Å². The highest BCUT2D eigenvalue weighted by molar-refractivity contribution is 6.30. The highest BCUT2D eigenvalue weighted by atomic mass is 35.5. The van der Waals surface area contributed by atoms with Crippen LogP contribution in [-0.4, -0.2) is 11.1 Å². The van der Waals surface area contributed by atoms with Crippen molar-refractivity contribution in [3.63, 3.8) is 0 Å². The monoisotopic (exact) mass is 225 g/mol. The van der Waals surface area contributed by atoms with Crippen molar-refractivity contribution in [2.24, 2.45) is 5.11 Å². The second kappa shape index (κ2) is 5.24. The molecule has 0 heterocycles. The molecule has 0 saturated carbocycles. The molecular weight excluding hydrogens is 218 g/mol. The van der Waals surface area contributed by atoms with Gasteiger partial charge < -0.3 is 5.11 Å². The first kappa shape index (κ1) is 11.4. The Balaban J connectivity index is 2.93. The molecule has 0 aliphatic carbocycles. The summed E-state index contributed by atoms with van der Waals surface area (Å²) in [6.45, 7) is 0. The van der Waals surface area contributed by atoms with Crippen LogP contribution in [0.25, 0.3) is 10.4 Å². The topological polar surface area (TPSA) is 86.1 Å². The van der Waals surface area contributed by atoms with E-state index in [1.807, 2.05) is 0 Å². The number of carboxylic acids is 1. The number of carbonyl (C=O) groups is 1. The summed E-state index contributed by atoms with van der Waals surface area (Å²) in [5.74, 6) is -1.01. The molecule has 1 unspecified atom stereocenters. The van der Waals surface area contributed by atoms with Gasteiger partial charge in [-0.25, -0.2) is 0 Å². The van der Waals surface area contributed by atoms with Gasteiger partial charge in [0.15, 0.2) is 0 Å². The van der Waals surface area contributed by atoms with E-state index in [1.54, 1.807) is 24.3 Å². The Morgan fingerprint density at radius 3 is 2.60 bits per heavy atom. The molecule has 1 aromatic rings. The molecule has 1 aromatic carbocycles. The van der Waals surface area contributed by atoms with E-state index in [2.05, 4.69) is 10.0 Å². The van der Waals surface area contributed by atoms with Crippen LogP contribution in [0.4, 0.5) is 0 Å². The van der Waals surface area contributed by atoms with E-state index in [0.717, 1.165) is 0 Å². The van der Waals surface area contributed by atoms with Gasteiger partial charge in [-0.1, -0.05) is 28.8 Å². The van der Waals surface area contributed by atoms with Gasteiger partial charge in [0.25, 0.3) is 0 Å². The molecule has 1 atom stereocenters. The fourth-order valence-corrected chi connectivity index (χ4v) is 1.26. The van der Waals surface area contributed by atoms with E-state index in [9.17, 15) is 4.79 Å². The lowest BCUT2D eigenvalue weighted by molar-refractivity contribution is -0.137. The fraction of sp³-hybridized carbons (Fsp3) is 0.222. The van der Waals surface area contributed by atoms with E-state index in [-0.39, 0.29) is 6.42 Å². The zero-order chi connectivity index (χ0) is 11.3. The Morgan fingerprint density at radius 1 is 1.53 bits per heavy atom. The number of carboxylic acid groups (broad SMARTS) is 1. The lowest BCUT2D eigenvalue weighted by Gasteiger charge is -2.08. The summed E-state index contributed by atoms with van der Waals surface area (Å²) in [7, 11) is 0. The third kappa shape index (κ3) is 3.50. The molecular formula is C9H8ClN3O2. The van der Waals surface area contributed by atoms with Gasteiger partial charge in [0, 0.05) is 9.93 Å². The number of hydrogen-bond donors (Lipinski definition) is 1. The lowest BCUT2D eigenvalue weighted by atomic mass is 10.1. The minimum atomic E-state index is -1.01. The summed E-state index contributed by atoms with van der Waals surface area (Å²) in [5, 5.41) is 12.6. The molecule has 0 spiro atoms. The largest absolute Gasteiger partial charge is 0.481 e. The highest BCUT2D eigenvalue weighted by Crippen LogP contribution is 2.23. The van der Waals surface area contributed by atoms with Crippen LogP contribution in [0.15, 0.2) is 29.4 Å².